The van der Waals surface area contributed by atoms with Crippen LogP contribution in [-0.2, 0) is 6.61 Å². The predicted molar refractivity (Wildman–Crippen MR) is 64.8 cm³/mol. The number of rotatable bonds is 3. The molecule has 3 nitrogen and oxygen atoms in total. The van der Waals surface area contributed by atoms with Crippen LogP contribution in [0.4, 0.5) is 4.39 Å². The maximum absolute atomic E-state index is 13.1. The fourth-order valence-corrected chi connectivity index (χ4v) is 2.07. The zero-order valence-electron chi connectivity index (χ0n) is 9.49. The molecule has 1 aliphatic carbocycles. The lowest BCUT2D eigenvalue weighted by Crippen LogP contribution is -1.88. The number of aliphatic hydroxyl groups excluding tert-OH is 1. The molecular formula is C13H11ClFNO2. The summed E-state index contributed by atoms with van der Waals surface area (Å²) in [7, 11) is 0. The summed E-state index contributed by atoms with van der Waals surface area (Å²) < 4.78 is 18.7. The molecule has 94 valence electrons. The van der Waals surface area contributed by atoms with Gasteiger partial charge < -0.3 is 9.52 Å². The van der Waals surface area contributed by atoms with Gasteiger partial charge in [-0.2, -0.15) is 0 Å². The predicted octanol–water partition coefficient (Wildman–Crippen LogP) is 3.50. The Morgan fingerprint density at radius 2 is 2.22 bits per heavy atom. The highest BCUT2D eigenvalue weighted by molar-refractivity contribution is 6.31. The Bertz CT molecular complexity index is 593. The van der Waals surface area contributed by atoms with Gasteiger partial charge in [0.25, 0.3) is 0 Å². The lowest BCUT2D eigenvalue weighted by Gasteiger charge is -1.97. The van der Waals surface area contributed by atoms with Crippen LogP contribution in [0.25, 0.3) is 11.5 Å². The Morgan fingerprint density at radius 3 is 2.83 bits per heavy atom. The zero-order chi connectivity index (χ0) is 12.7. The largest absolute Gasteiger partial charge is 0.440 e. The first-order valence-electron chi connectivity index (χ1n) is 5.75. The molecule has 1 heterocycles. The third-order valence-electron chi connectivity index (χ3n) is 2.99. The van der Waals surface area contributed by atoms with E-state index in [0.717, 1.165) is 18.6 Å². The number of hydrogen-bond donors (Lipinski definition) is 1. The molecule has 0 bridgehead atoms. The summed E-state index contributed by atoms with van der Waals surface area (Å²) in [6, 6.07) is 4.31. The maximum Gasteiger partial charge on any atom is 0.226 e. The topological polar surface area (TPSA) is 46.3 Å². The van der Waals surface area contributed by atoms with E-state index in [2.05, 4.69) is 4.98 Å². The van der Waals surface area contributed by atoms with Gasteiger partial charge in [-0.25, -0.2) is 9.37 Å². The molecule has 1 aliphatic rings. The smallest absolute Gasteiger partial charge is 0.226 e. The number of oxazole rings is 1. The lowest BCUT2D eigenvalue weighted by atomic mass is 10.2. The van der Waals surface area contributed by atoms with Gasteiger partial charge in [0.05, 0.1) is 11.6 Å². The molecular weight excluding hydrogens is 257 g/mol. The molecule has 1 N–H and O–H groups in total. The molecule has 3 rings (SSSR count). The molecule has 1 saturated carbocycles. The van der Waals surface area contributed by atoms with Crippen LogP contribution >= 0.6 is 11.6 Å². The average molecular weight is 268 g/mol. The van der Waals surface area contributed by atoms with Gasteiger partial charge in [0.15, 0.2) is 0 Å². The van der Waals surface area contributed by atoms with Gasteiger partial charge in [-0.05, 0) is 31.0 Å². The summed E-state index contributed by atoms with van der Waals surface area (Å²) in [5, 5.41) is 9.28. The fraction of sp³-hybridized carbons (Fsp3) is 0.308. The summed E-state index contributed by atoms with van der Waals surface area (Å²) in [5.41, 5.74) is 1.18. The number of hydrogen-bond acceptors (Lipinski definition) is 3. The Labute approximate surface area is 108 Å². The van der Waals surface area contributed by atoms with Crippen LogP contribution in [0, 0.1) is 5.82 Å². The van der Waals surface area contributed by atoms with Crippen LogP contribution in [0.5, 0.6) is 0 Å². The van der Waals surface area contributed by atoms with Crippen molar-refractivity contribution in [1.82, 2.24) is 4.98 Å². The van der Waals surface area contributed by atoms with E-state index in [9.17, 15) is 9.50 Å². The first-order chi connectivity index (χ1) is 8.69. The fourth-order valence-electron chi connectivity index (χ4n) is 1.89. The molecule has 0 radical (unpaired) electrons. The van der Waals surface area contributed by atoms with E-state index in [1.54, 1.807) is 6.07 Å². The van der Waals surface area contributed by atoms with E-state index >= 15 is 0 Å². The maximum atomic E-state index is 13.1. The molecule has 5 heteroatoms. The number of aliphatic hydroxyl groups is 1. The Hall–Kier alpha value is -1.39. The van der Waals surface area contributed by atoms with E-state index in [1.807, 2.05) is 0 Å². The number of benzene rings is 1. The number of halogens is 2. The quantitative estimate of drug-likeness (QED) is 0.926. The summed E-state index contributed by atoms with van der Waals surface area (Å²) in [6.45, 7) is -0.149. The Kier molecular flexibility index (Phi) is 2.84. The summed E-state index contributed by atoms with van der Waals surface area (Å²) >= 11 is 5.73. The van der Waals surface area contributed by atoms with E-state index in [4.69, 9.17) is 16.0 Å². The second-order valence-electron chi connectivity index (χ2n) is 4.39. The second kappa shape index (κ2) is 4.37. The third-order valence-corrected chi connectivity index (χ3v) is 3.28. The van der Waals surface area contributed by atoms with Crippen LogP contribution < -0.4 is 0 Å². The lowest BCUT2D eigenvalue weighted by molar-refractivity contribution is 0.274. The second-order valence-corrected chi connectivity index (χ2v) is 4.80. The summed E-state index contributed by atoms with van der Waals surface area (Å²) in [4.78, 5) is 4.23. The molecule has 1 fully saturated rings. The van der Waals surface area contributed by atoms with Crippen LogP contribution in [0.2, 0.25) is 5.02 Å². The molecule has 0 saturated heterocycles. The van der Waals surface area contributed by atoms with Crippen LogP contribution in [-0.4, -0.2) is 10.1 Å². The number of aromatic nitrogens is 1. The van der Waals surface area contributed by atoms with E-state index in [1.165, 1.54) is 12.1 Å². The van der Waals surface area contributed by atoms with Crippen molar-refractivity contribution in [2.75, 3.05) is 0 Å². The van der Waals surface area contributed by atoms with Crippen molar-refractivity contribution in [2.45, 2.75) is 25.4 Å². The van der Waals surface area contributed by atoms with Crippen molar-refractivity contribution in [2.24, 2.45) is 0 Å². The van der Waals surface area contributed by atoms with Crippen molar-refractivity contribution in [1.29, 1.82) is 0 Å². The number of nitrogens with zero attached hydrogens (tertiary/aromatic N) is 1. The standard InChI is InChI=1S/C13H11ClFNO2/c14-9-5-8(3-4-10(9)15)13-16-11(6-17)12(18-13)7-1-2-7/h3-5,7,17H,1-2,6H2. The molecule has 1 aromatic carbocycles. The van der Waals surface area contributed by atoms with Gasteiger partial charge in [-0.15, -0.1) is 0 Å². The van der Waals surface area contributed by atoms with Crippen molar-refractivity contribution >= 4 is 11.6 Å². The van der Waals surface area contributed by atoms with Crippen molar-refractivity contribution in [3.8, 4) is 11.5 Å². The summed E-state index contributed by atoms with van der Waals surface area (Å²) in [6.07, 6.45) is 2.12. The molecule has 0 unspecified atom stereocenters. The van der Waals surface area contributed by atoms with Gasteiger partial charge in [0, 0.05) is 11.5 Å². The van der Waals surface area contributed by atoms with Crippen molar-refractivity contribution < 1.29 is 13.9 Å². The van der Waals surface area contributed by atoms with Gasteiger partial charge in [-0.3, -0.25) is 0 Å². The molecule has 0 spiro atoms. The minimum atomic E-state index is -0.475. The molecule has 0 aliphatic heterocycles. The minimum Gasteiger partial charge on any atom is -0.440 e. The van der Waals surface area contributed by atoms with Gasteiger partial charge >= 0.3 is 0 Å². The first kappa shape index (κ1) is 11.7. The highest BCUT2D eigenvalue weighted by atomic mass is 35.5. The molecule has 0 atom stereocenters. The van der Waals surface area contributed by atoms with Gasteiger partial charge in [0.1, 0.15) is 17.3 Å². The third kappa shape index (κ3) is 2.02. The van der Waals surface area contributed by atoms with Crippen LogP contribution in [0.3, 0.4) is 0 Å². The van der Waals surface area contributed by atoms with Gasteiger partial charge in [0.2, 0.25) is 5.89 Å². The first-order valence-corrected chi connectivity index (χ1v) is 6.12. The monoisotopic (exact) mass is 267 g/mol. The molecule has 1 aromatic heterocycles. The highest BCUT2D eigenvalue weighted by Gasteiger charge is 2.31. The minimum absolute atomic E-state index is 0.0317. The van der Waals surface area contributed by atoms with E-state index in [0.29, 0.717) is 23.1 Å². The van der Waals surface area contributed by atoms with E-state index in [-0.39, 0.29) is 11.6 Å². The zero-order valence-corrected chi connectivity index (χ0v) is 10.2. The normalized spacial score (nSPS) is 15.1. The van der Waals surface area contributed by atoms with Crippen LogP contribution in [0.1, 0.15) is 30.2 Å². The van der Waals surface area contributed by atoms with Crippen LogP contribution in [0.15, 0.2) is 22.6 Å². The Balaban J connectivity index is 2.02. The Morgan fingerprint density at radius 1 is 1.44 bits per heavy atom. The van der Waals surface area contributed by atoms with Crippen molar-refractivity contribution in [3.63, 3.8) is 0 Å². The molecule has 18 heavy (non-hydrogen) atoms. The van der Waals surface area contributed by atoms with E-state index < -0.39 is 5.82 Å². The molecule has 2 aromatic rings. The van der Waals surface area contributed by atoms with Gasteiger partial charge in [-0.1, -0.05) is 11.6 Å². The SMILES string of the molecule is OCc1nc(-c2ccc(F)c(Cl)c2)oc1C1CC1. The highest BCUT2D eigenvalue weighted by Crippen LogP contribution is 2.43. The van der Waals surface area contributed by atoms with Crippen molar-refractivity contribution in [3.05, 3.63) is 40.5 Å². The summed E-state index contributed by atoms with van der Waals surface area (Å²) in [5.74, 6) is 1.01. The molecule has 0 amide bonds. The average Bonchev–Trinajstić information content (AvgIpc) is 3.12.